The van der Waals surface area contributed by atoms with E-state index in [2.05, 4.69) is 21.9 Å². The maximum absolute atomic E-state index is 13.9. The van der Waals surface area contributed by atoms with Gasteiger partial charge in [0.1, 0.15) is 22.3 Å². The van der Waals surface area contributed by atoms with Crippen molar-refractivity contribution in [3.8, 4) is 5.88 Å². The predicted octanol–water partition coefficient (Wildman–Crippen LogP) is 4.54. The molecule has 0 radical (unpaired) electrons. The Labute approximate surface area is 190 Å². The largest absolute Gasteiger partial charge is 0.477 e. The number of hydrogen-bond donors (Lipinski definition) is 1. The summed E-state index contributed by atoms with van der Waals surface area (Å²) in [6.07, 6.45) is 2.78. The van der Waals surface area contributed by atoms with Gasteiger partial charge in [-0.2, -0.15) is 4.98 Å². The minimum Gasteiger partial charge on any atom is -0.477 e. The van der Waals surface area contributed by atoms with E-state index < -0.39 is 5.82 Å². The van der Waals surface area contributed by atoms with Crippen LogP contribution in [0.1, 0.15) is 41.0 Å². The lowest BCUT2D eigenvalue weighted by Crippen LogP contribution is -2.53. The number of nitrogens with two attached hydrogens (primary N) is 1. The van der Waals surface area contributed by atoms with E-state index >= 15 is 0 Å². The van der Waals surface area contributed by atoms with Crippen LogP contribution in [0.3, 0.4) is 0 Å². The molecule has 0 aromatic carbocycles. The zero-order chi connectivity index (χ0) is 23.1. The summed E-state index contributed by atoms with van der Waals surface area (Å²) in [4.78, 5) is 25.3. The van der Waals surface area contributed by atoms with Gasteiger partial charge in [-0.3, -0.25) is 0 Å². The summed E-state index contributed by atoms with van der Waals surface area (Å²) in [7, 11) is 0. The highest BCUT2D eigenvalue weighted by atomic mass is 35.5. The van der Waals surface area contributed by atoms with Crippen LogP contribution in [-0.2, 0) is 4.74 Å². The SMILES string of the molecule is CC(C)(C)OC(=O)N1CC2CC21C.CCOc1nc(Cl)c(F)c2nc(SC)nc(N)c12. The number of aromatic nitrogens is 3. The van der Waals surface area contributed by atoms with Crippen molar-refractivity contribution in [2.75, 3.05) is 25.1 Å². The lowest BCUT2D eigenvalue weighted by atomic mass is 10.1. The molecule has 11 heteroatoms. The van der Waals surface area contributed by atoms with Crippen LogP contribution in [0.15, 0.2) is 5.16 Å². The smallest absolute Gasteiger partial charge is 0.410 e. The molecule has 1 saturated heterocycles. The highest BCUT2D eigenvalue weighted by Crippen LogP contribution is 2.57. The highest BCUT2D eigenvalue weighted by molar-refractivity contribution is 7.98. The van der Waals surface area contributed by atoms with Gasteiger partial charge in [0, 0.05) is 18.0 Å². The van der Waals surface area contributed by atoms with Gasteiger partial charge in [0.25, 0.3) is 0 Å². The molecule has 0 bridgehead atoms. The first-order valence-electron chi connectivity index (χ1n) is 9.91. The number of halogens is 2. The molecule has 2 N–H and O–H groups in total. The fourth-order valence-corrected chi connectivity index (χ4v) is 3.94. The molecule has 2 atom stereocenters. The molecule has 1 aliphatic carbocycles. The lowest BCUT2D eigenvalue weighted by Gasteiger charge is -2.39. The number of thioether (sulfide) groups is 1. The number of hydrogen-bond acceptors (Lipinski definition) is 8. The van der Waals surface area contributed by atoms with E-state index in [1.54, 1.807) is 13.2 Å². The van der Waals surface area contributed by atoms with Gasteiger partial charge in [-0.05, 0) is 47.3 Å². The van der Waals surface area contributed by atoms with E-state index in [9.17, 15) is 9.18 Å². The number of nitrogens with zero attached hydrogens (tertiary/aromatic N) is 4. The minimum atomic E-state index is -0.723. The quantitative estimate of drug-likeness (QED) is 0.395. The van der Waals surface area contributed by atoms with Crippen molar-refractivity contribution in [3.05, 3.63) is 11.0 Å². The highest BCUT2D eigenvalue weighted by Gasteiger charge is 2.66. The van der Waals surface area contributed by atoms with Crippen molar-refractivity contribution < 1.29 is 18.7 Å². The number of ether oxygens (including phenoxy) is 2. The third-order valence-corrected chi connectivity index (χ3v) is 5.99. The Morgan fingerprint density at radius 1 is 1.39 bits per heavy atom. The third-order valence-electron chi connectivity index (χ3n) is 5.20. The van der Waals surface area contributed by atoms with Gasteiger partial charge >= 0.3 is 6.09 Å². The summed E-state index contributed by atoms with van der Waals surface area (Å²) in [6, 6.07) is 0. The van der Waals surface area contributed by atoms with Gasteiger partial charge < -0.3 is 20.1 Å². The molecule has 2 unspecified atom stereocenters. The fourth-order valence-electron chi connectivity index (χ4n) is 3.40. The molecular weight excluding hydrogens is 445 g/mol. The molecule has 0 spiro atoms. The van der Waals surface area contributed by atoms with Crippen LogP contribution in [0, 0.1) is 11.7 Å². The van der Waals surface area contributed by atoms with E-state index in [0.29, 0.717) is 11.8 Å². The molecule has 4 rings (SSSR count). The maximum atomic E-state index is 13.9. The van der Waals surface area contributed by atoms with Gasteiger partial charge in [-0.25, -0.2) is 19.2 Å². The van der Waals surface area contributed by atoms with E-state index in [0.717, 1.165) is 18.9 Å². The molecule has 1 saturated carbocycles. The third kappa shape index (κ3) is 4.74. The second kappa shape index (κ2) is 8.46. The number of anilines is 1. The van der Waals surface area contributed by atoms with Gasteiger partial charge in [0.15, 0.2) is 16.1 Å². The predicted molar refractivity (Wildman–Crippen MR) is 119 cm³/mol. The molecule has 2 aliphatic rings. The summed E-state index contributed by atoms with van der Waals surface area (Å²) >= 11 is 6.96. The molecule has 2 aromatic rings. The number of amides is 1. The van der Waals surface area contributed by atoms with E-state index in [1.807, 2.05) is 25.7 Å². The van der Waals surface area contributed by atoms with Crippen molar-refractivity contribution in [2.45, 2.75) is 57.3 Å². The summed E-state index contributed by atoms with van der Waals surface area (Å²) in [6.45, 7) is 10.9. The van der Waals surface area contributed by atoms with Crippen molar-refractivity contribution in [2.24, 2.45) is 5.92 Å². The summed E-state index contributed by atoms with van der Waals surface area (Å²) < 4.78 is 24.5. The Morgan fingerprint density at radius 2 is 2.06 bits per heavy atom. The minimum absolute atomic E-state index is 0.0234. The Hall–Kier alpha value is -2.07. The molecule has 8 nitrogen and oxygen atoms in total. The Kier molecular flexibility index (Phi) is 6.44. The van der Waals surface area contributed by atoms with Crippen LogP contribution in [-0.4, -0.2) is 56.5 Å². The zero-order valence-electron chi connectivity index (χ0n) is 18.5. The van der Waals surface area contributed by atoms with Crippen LogP contribution in [0.5, 0.6) is 5.88 Å². The zero-order valence-corrected chi connectivity index (χ0v) is 20.0. The van der Waals surface area contributed by atoms with E-state index in [4.69, 9.17) is 26.8 Å². The van der Waals surface area contributed by atoms with Gasteiger partial charge in [-0.15, -0.1) is 0 Å². The van der Waals surface area contributed by atoms with Crippen molar-refractivity contribution in [3.63, 3.8) is 0 Å². The maximum Gasteiger partial charge on any atom is 0.410 e. The molecule has 2 aromatic heterocycles. The van der Waals surface area contributed by atoms with Gasteiger partial charge in [-0.1, -0.05) is 23.4 Å². The first-order valence-corrected chi connectivity index (χ1v) is 11.5. The molecule has 2 fully saturated rings. The molecule has 170 valence electrons. The second-order valence-electron chi connectivity index (χ2n) is 8.62. The number of carbonyl (C=O) groups is 1. The molecule has 1 amide bonds. The first-order chi connectivity index (χ1) is 14.4. The van der Waals surface area contributed by atoms with Crippen molar-refractivity contribution in [1.82, 2.24) is 19.9 Å². The Morgan fingerprint density at radius 3 is 2.55 bits per heavy atom. The second-order valence-corrected chi connectivity index (χ2v) is 9.75. The Bertz CT molecular complexity index is 1020. The molecular formula is C20H27ClFN5O3S. The van der Waals surface area contributed by atoms with E-state index in [1.165, 1.54) is 11.8 Å². The van der Waals surface area contributed by atoms with E-state index in [-0.39, 0.29) is 45.0 Å². The first kappa shape index (κ1) is 23.6. The summed E-state index contributed by atoms with van der Waals surface area (Å²) in [5, 5.41) is 0.316. The number of fused-ring (bicyclic) bond motifs is 2. The molecule has 3 heterocycles. The monoisotopic (exact) mass is 471 g/mol. The topological polar surface area (TPSA) is 103 Å². The standard InChI is InChI=1S/C10H10ClFN4OS.C10H17NO2/c1-3-17-9-4-6(5(12)7(11)15-9)14-10(18-2)16-8(4)13;1-9(2,3)13-8(12)11-6-7-5-10(7,11)4/h3H2,1-2H3,(H2,13,14,16);7H,5-6H2,1-4H3. The molecule has 1 aliphatic heterocycles. The summed E-state index contributed by atoms with van der Waals surface area (Å²) in [5.41, 5.74) is 5.60. The lowest BCUT2D eigenvalue weighted by molar-refractivity contribution is -0.00530. The number of carbonyl (C=O) groups excluding carboxylic acids is 1. The number of likely N-dealkylation sites (tertiary alicyclic amines) is 1. The van der Waals surface area contributed by atoms with Crippen molar-refractivity contribution >= 4 is 46.2 Å². The van der Waals surface area contributed by atoms with Gasteiger partial charge in [0.05, 0.1) is 6.61 Å². The van der Waals surface area contributed by atoms with Crippen LogP contribution in [0.25, 0.3) is 10.9 Å². The Balaban J connectivity index is 0.000000185. The average molecular weight is 472 g/mol. The number of rotatable bonds is 3. The number of nitrogen functional groups attached to an aromatic ring is 1. The fraction of sp³-hybridized carbons (Fsp3) is 0.600. The van der Waals surface area contributed by atoms with Crippen molar-refractivity contribution in [1.29, 1.82) is 0 Å². The summed E-state index contributed by atoms with van der Waals surface area (Å²) in [5.74, 6) is 0.291. The van der Waals surface area contributed by atoms with Crippen LogP contribution in [0.4, 0.5) is 15.0 Å². The average Bonchev–Trinajstić information content (AvgIpc) is 3.18. The van der Waals surface area contributed by atoms with Crippen LogP contribution < -0.4 is 10.5 Å². The van der Waals surface area contributed by atoms with Gasteiger partial charge in [0.2, 0.25) is 5.88 Å². The molecule has 31 heavy (non-hydrogen) atoms. The van der Waals surface area contributed by atoms with Crippen LogP contribution >= 0.6 is 23.4 Å². The van der Waals surface area contributed by atoms with Crippen LogP contribution in [0.2, 0.25) is 5.15 Å². The normalized spacial score (nSPS) is 21.5. The number of pyridine rings is 1.